The highest BCUT2D eigenvalue weighted by Crippen LogP contribution is 2.27. The van der Waals surface area contributed by atoms with E-state index in [0.29, 0.717) is 17.7 Å². The Kier molecular flexibility index (Phi) is 5.23. The Labute approximate surface area is 131 Å². The number of nitrogens with one attached hydrogen (secondary N) is 1. The molecule has 7 heteroatoms. The third-order valence-electron chi connectivity index (χ3n) is 3.55. The number of nitro benzene ring substituents is 1. The van der Waals surface area contributed by atoms with E-state index >= 15 is 0 Å². The van der Waals surface area contributed by atoms with Gasteiger partial charge in [-0.2, -0.15) is 0 Å². The molecule has 0 bridgehead atoms. The number of rotatable bonds is 6. The van der Waals surface area contributed by atoms with Gasteiger partial charge in [-0.3, -0.25) is 10.1 Å². The third-order valence-corrected chi connectivity index (χ3v) is 3.55. The van der Waals surface area contributed by atoms with Crippen LogP contribution in [0, 0.1) is 21.7 Å². The number of hydrogen-bond acceptors (Lipinski definition) is 4. The molecule has 0 saturated carbocycles. The van der Waals surface area contributed by atoms with E-state index in [9.17, 15) is 18.9 Å². The maximum Gasteiger partial charge on any atom is 0.292 e. The van der Waals surface area contributed by atoms with Gasteiger partial charge >= 0.3 is 0 Å². The summed E-state index contributed by atoms with van der Waals surface area (Å²) in [5, 5.41) is 23.1. The van der Waals surface area contributed by atoms with Crippen LogP contribution < -0.4 is 5.32 Å². The Balaban J connectivity index is 2.15. The highest BCUT2D eigenvalue weighted by Gasteiger charge is 2.16. The Morgan fingerprint density at radius 3 is 2.57 bits per heavy atom. The van der Waals surface area contributed by atoms with E-state index in [2.05, 4.69) is 5.32 Å². The molecule has 0 aliphatic heterocycles. The summed E-state index contributed by atoms with van der Waals surface area (Å²) < 4.78 is 26.2. The molecule has 1 atom stereocenters. The van der Waals surface area contributed by atoms with Gasteiger partial charge in [0, 0.05) is 12.6 Å². The van der Waals surface area contributed by atoms with Crippen LogP contribution in [0.4, 0.5) is 20.2 Å². The minimum Gasteiger partial charge on any atom is -0.392 e. The average molecular weight is 322 g/mol. The molecule has 23 heavy (non-hydrogen) atoms. The van der Waals surface area contributed by atoms with Crippen molar-refractivity contribution < 1.29 is 18.8 Å². The van der Waals surface area contributed by atoms with Crippen LogP contribution in [0.25, 0.3) is 0 Å². The van der Waals surface area contributed by atoms with E-state index in [0.717, 1.165) is 12.1 Å². The van der Waals surface area contributed by atoms with Gasteiger partial charge in [-0.1, -0.05) is 13.0 Å². The Morgan fingerprint density at radius 1 is 1.22 bits per heavy atom. The zero-order chi connectivity index (χ0) is 17.0. The van der Waals surface area contributed by atoms with Gasteiger partial charge in [0.1, 0.15) is 5.69 Å². The number of halogens is 2. The predicted octanol–water partition coefficient (Wildman–Crippen LogP) is 3.58. The minimum absolute atomic E-state index is 0.111. The van der Waals surface area contributed by atoms with Crippen LogP contribution in [0.1, 0.15) is 24.0 Å². The number of nitro groups is 1. The molecule has 0 radical (unpaired) electrons. The van der Waals surface area contributed by atoms with Crippen molar-refractivity contribution in [2.45, 2.75) is 19.4 Å². The van der Waals surface area contributed by atoms with Gasteiger partial charge in [-0.05, 0) is 41.3 Å². The van der Waals surface area contributed by atoms with Crippen molar-refractivity contribution in [1.82, 2.24) is 0 Å². The molecule has 0 aliphatic carbocycles. The third kappa shape index (κ3) is 4.01. The molecule has 122 valence electrons. The lowest BCUT2D eigenvalue weighted by Crippen LogP contribution is -2.11. The highest BCUT2D eigenvalue weighted by molar-refractivity contribution is 5.62. The van der Waals surface area contributed by atoms with Gasteiger partial charge < -0.3 is 10.4 Å². The fraction of sp³-hybridized carbons (Fsp3) is 0.250. The number of nitrogens with zero attached hydrogens (tertiary/aromatic N) is 1. The second kappa shape index (κ2) is 7.15. The maximum absolute atomic E-state index is 13.3. The summed E-state index contributed by atoms with van der Waals surface area (Å²) in [4.78, 5) is 10.5. The van der Waals surface area contributed by atoms with Crippen LogP contribution in [-0.4, -0.2) is 16.6 Å². The van der Waals surface area contributed by atoms with Crippen molar-refractivity contribution in [3.05, 3.63) is 69.3 Å². The molecule has 2 aromatic rings. The summed E-state index contributed by atoms with van der Waals surface area (Å²) in [6.07, 6.45) is 0. The number of anilines is 1. The first-order chi connectivity index (χ1) is 10.9. The second-order valence-electron chi connectivity index (χ2n) is 5.22. The molecule has 0 fully saturated rings. The number of hydrogen-bond donors (Lipinski definition) is 2. The number of benzene rings is 2. The van der Waals surface area contributed by atoms with Crippen molar-refractivity contribution in [3.63, 3.8) is 0 Å². The summed E-state index contributed by atoms with van der Waals surface area (Å²) in [6, 6.07) is 7.92. The van der Waals surface area contributed by atoms with Gasteiger partial charge in [0.2, 0.25) is 0 Å². The van der Waals surface area contributed by atoms with Crippen LogP contribution in [0.5, 0.6) is 0 Å². The van der Waals surface area contributed by atoms with Gasteiger partial charge in [-0.15, -0.1) is 0 Å². The minimum atomic E-state index is -0.928. The summed E-state index contributed by atoms with van der Waals surface area (Å²) in [6.45, 7) is 1.85. The van der Waals surface area contributed by atoms with Crippen LogP contribution in [0.15, 0.2) is 36.4 Å². The molecule has 1 unspecified atom stereocenters. The molecule has 0 saturated heterocycles. The summed E-state index contributed by atoms with van der Waals surface area (Å²) >= 11 is 0. The molecule has 5 nitrogen and oxygen atoms in total. The van der Waals surface area contributed by atoms with Crippen LogP contribution in [0.2, 0.25) is 0 Å². The highest BCUT2D eigenvalue weighted by atomic mass is 19.2. The molecule has 0 amide bonds. The number of aliphatic hydroxyl groups excluding tert-OH is 1. The number of aliphatic hydroxyl groups is 1. The quantitative estimate of drug-likeness (QED) is 0.629. The van der Waals surface area contributed by atoms with Gasteiger partial charge in [0.15, 0.2) is 11.6 Å². The first-order valence-electron chi connectivity index (χ1n) is 6.99. The molecule has 0 spiro atoms. The second-order valence-corrected chi connectivity index (χ2v) is 5.22. The van der Waals surface area contributed by atoms with Crippen LogP contribution in [-0.2, 0) is 6.61 Å². The standard InChI is InChI=1S/C16H16F2N2O3/c1-10(12-3-4-13(17)14(18)7-12)8-19-15-6-11(9-21)2-5-16(15)20(22)23/h2-7,10,19,21H,8-9H2,1H3. The van der Waals surface area contributed by atoms with Gasteiger partial charge in [-0.25, -0.2) is 8.78 Å². The van der Waals surface area contributed by atoms with Crippen molar-refractivity contribution in [3.8, 4) is 0 Å². The van der Waals surface area contributed by atoms with Crippen molar-refractivity contribution in [2.75, 3.05) is 11.9 Å². The Bertz CT molecular complexity index is 722. The molecular weight excluding hydrogens is 306 g/mol. The van der Waals surface area contributed by atoms with E-state index in [1.165, 1.54) is 24.3 Å². The molecule has 2 aromatic carbocycles. The first-order valence-corrected chi connectivity index (χ1v) is 6.99. The fourth-order valence-corrected chi connectivity index (χ4v) is 2.18. The zero-order valence-corrected chi connectivity index (χ0v) is 12.4. The first kappa shape index (κ1) is 16.8. The van der Waals surface area contributed by atoms with Gasteiger partial charge in [0.25, 0.3) is 5.69 Å². The Hall–Kier alpha value is -2.54. The van der Waals surface area contributed by atoms with Crippen LogP contribution in [0.3, 0.4) is 0 Å². The van der Waals surface area contributed by atoms with Crippen molar-refractivity contribution in [1.29, 1.82) is 0 Å². The largest absolute Gasteiger partial charge is 0.392 e. The topological polar surface area (TPSA) is 75.4 Å². The van der Waals surface area contributed by atoms with E-state index < -0.39 is 16.6 Å². The van der Waals surface area contributed by atoms with E-state index in [1.54, 1.807) is 6.92 Å². The SMILES string of the molecule is CC(CNc1cc(CO)ccc1[N+](=O)[O-])c1ccc(F)c(F)c1. The predicted molar refractivity (Wildman–Crippen MR) is 82.3 cm³/mol. The smallest absolute Gasteiger partial charge is 0.292 e. The molecule has 0 aliphatic rings. The molecule has 0 heterocycles. The zero-order valence-electron chi connectivity index (χ0n) is 12.4. The van der Waals surface area contributed by atoms with E-state index in [-0.39, 0.29) is 23.9 Å². The summed E-state index contributed by atoms with van der Waals surface area (Å²) in [5.74, 6) is -2.04. The van der Waals surface area contributed by atoms with Gasteiger partial charge in [0.05, 0.1) is 11.5 Å². The van der Waals surface area contributed by atoms with Crippen LogP contribution >= 0.6 is 0 Å². The molecule has 0 aromatic heterocycles. The normalized spacial score (nSPS) is 12.0. The van der Waals surface area contributed by atoms with E-state index in [1.807, 2.05) is 0 Å². The monoisotopic (exact) mass is 322 g/mol. The lowest BCUT2D eigenvalue weighted by atomic mass is 10.0. The lowest BCUT2D eigenvalue weighted by molar-refractivity contribution is -0.384. The van der Waals surface area contributed by atoms with Crippen molar-refractivity contribution in [2.24, 2.45) is 0 Å². The molecule has 2 rings (SSSR count). The average Bonchev–Trinajstić information content (AvgIpc) is 2.54. The molecular formula is C16H16F2N2O3. The van der Waals surface area contributed by atoms with E-state index in [4.69, 9.17) is 5.11 Å². The maximum atomic E-state index is 13.3. The van der Waals surface area contributed by atoms with Crippen molar-refractivity contribution >= 4 is 11.4 Å². The lowest BCUT2D eigenvalue weighted by Gasteiger charge is -2.15. The summed E-state index contributed by atoms with van der Waals surface area (Å²) in [7, 11) is 0. The fourth-order valence-electron chi connectivity index (χ4n) is 2.18. The Morgan fingerprint density at radius 2 is 1.96 bits per heavy atom. The summed E-state index contributed by atoms with van der Waals surface area (Å²) in [5.41, 5.74) is 1.28. The molecule has 2 N–H and O–H groups in total.